The second-order valence-corrected chi connectivity index (χ2v) is 4.42. The van der Waals surface area contributed by atoms with Crippen LogP contribution in [0.2, 0.25) is 0 Å². The van der Waals surface area contributed by atoms with Crippen LogP contribution in [0.5, 0.6) is 0 Å². The first-order chi connectivity index (χ1) is 7.08. The highest BCUT2D eigenvalue weighted by Gasteiger charge is 2.47. The average molecular weight is 218 g/mol. The van der Waals surface area contributed by atoms with E-state index < -0.39 is 11.7 Å². The van der Waals surface area contributed by atoms with Gasteiger partial charge in [0.05, 0.1) is 12.2 Å². The van der Waals surface area contributed by atoms with Crippen LogP contribution in [0.1, 0.15) is 19.8 Å². The lowest BCUT2D eigenvalue weighted by molar-refractivity contribution is -0.196. The lowest BCUT2D eigenvalue weighted by Crippen LogP contribution is -2.57. The van der Waals surface area contributed by atoms with Crippen LogP contribution in [0, 0.1) is 5.92 Å². The van der Waals surface area contributed by atoms with E-state index in [1.165, 1.54) is 0 Å². The van der Waals surface area contributed by atoms with Crippen LogP contribution < -0.4 is 0 Å². The number of methoxy groups -OCH3 is 3. The second-order valence-electron chi connectivity index (χ2n) is 4.42. The first kappa shape index (κ1) is 12.9. The molecule has 0 heterocycles. The van der Waals surface area contributed by atoms with Crippen molar-refractivity contribution in [2.45, 2.75) is 37.6 Å². The van der Waals surface area contributed by atoms with Crippen molar-refractivity contribution >= 4 is 0 Å². The second kappa shape index (κ2) is 5.25. The quantitative estimate of drug-likeness (QED) is 0.759. The fourth-order valence-electron chi connectivity index (χ4n) is 2.37. The summed E-state index contributed by atoms with van der Waals surface area (Å²) >= 11 is 0. The molecule has 1 rings (SSSR count). The normalized spacial score (nSPS) is 41.8. The molecule has 1 aliphatic carbocycles. The Bertz CT molecular complexity index is 197. The van der Waals surface area contributed by atoms with E-state index in [0.717, 1.165) is 6.42 Å². The molecule has 4 atom stereocenters. The zero-order chi connectivity index (χ0) is 11.5. The lowest BCUT2D eigenvalue weighted by Gasteiger charge is -2.45. The highest BCUT2D eigenvalue weighted by Crippen LogP contribution is 2.36. The van der Waals surface area contributed by atoms with Crippen LogP contribution >= 0.6 is 0 Å². The molecule has 1 N–H and O–H groups in total. The lowest BCUT2D eigenvalue weighted by atomic mass is 9.75. The summed E-state index contributed by atoms with van der Waals surface area (Å²) < 4.78 is 15.9. The Kier molecular flexibility index (Phi) is 4.52. The molecule has 4 nitrogen and oxygen atoms in total. The average Bonchev–Trinajstić information content (AvgIpc) is 2.23. The van der Waals surface area contributed by atoms with Gasteiger partial charge in [0.1, 0.15) is 5.60 Å². The van der Waals surface area contributed by atoms with E-state index in [9.17, 15) is 5.11 Å². The van der Waals surface area contributed by atoms with Crippen molar-refractivity contribution in [2.24, 2.45) is 5.92 Å². The maximum absolute atomic E-state index is 10.1. The zero-order valence-corrected chi connectivity index (χ0v) is 10.0. The molecular formula is C11H22O4. The van der Waals surface area contributed by atoms with Gasteiger partial charge in [-0.05, 0) is 25.7 Å². The molecule has 0 aromatic heterocycles. The van der Waals surface area contributed by atoms with Gasteiger partial charge in [-0.15, -0.1) is 0 Å². The van der Waals surface area contributed by atoms with E-state index in [1.807, 2.05) is 6.92 Å². The fraction of sp³-hybridized carbons (Fsp3) is 1.00. The third-order valence-corrected chi connectivity index (χ3v) is 3.53. The first-order valence-corrected chi connectivity index (χ1v) is 5.33. The maximum Gasteiger partial charge on any atom is 0.117 e. The zero-order valence-electron chi connectivity index (χ0n) is 10.0. The van der Waals surface area contributed by atoms with Crippen LogP contribution in [0.4, 0.5) is 0 Å². The van der Waals surface area contributed by atoms with Crippen molar-refractivity contribution in [3.8, 4) is 0 Å². The van der Waals surface area contributed by atoms with Crippen LogP contribution in [0.3, 0.4) is 0 Å². The van der Waals surface area contributed by atoms with Crippen LogP contribution in [-0.4, -0.2) is 50.9 Å². The van der Waals surface area contributed by atoms with Gasteiger partial charge >= 0.3 is 0 Å². The summed E-state index contributed by atoms with van der Waals surface area (Å²) in [6, 6.07) is 0. The van der Waals surface area contributed by atoms with E-state index in [1.54, 1.807) is 21.3 Å². The summed E-state index contributed by atoms with van der Waals surface area (Å²) in [5.41, 5.74) is -0.598. The summed E-state index contributed by atoms with van der Waals surface area (Å²) in [6.07, 6.45) is 0.997. The molecule has 0 amide bonds. The first-order valence-electron chi connectivity index (χ1n) is 5.33. The number of hydrogen-bond donors (Lipinski definition) is 1. The molecule has 90 valence electrons. The van der Waals surface area contributed by atoms with Gasteiger partial charge in [0.15, 0.2) is 0 Å². The third-order valence-electron chi connectivity index (χ3n) is 3.53. The predicted octanol–water partition coefficient (Wildman–Crippen LogP) is 0.824. The monoisotopic (exact) mass is 218 g/mol. The van der Waals surface area contributed by atoms with Gasteiger partial charge in [-0.1, -0.05) is 0 Å². The summed E-state index contributed by atoms with van der Waals surface area (Å²) in [5.74, 6) is 0.346. The Labute approximate surface area is 91.5 Å². The summed E-state index contributed by atoms with van der Waals surface area (Å²) in [5, 5.41) is 10.1. The number of rotatable bonds is 4. The summed E-state index contributed by atoms with van der Waals surface area (Å²) in [4.78, 5) is 0. The van der Waals surface area contributed by atoms with Crippen molar-refractivity contribution in [1.82, 2.24) is 0 Å². The van der Waals surface area contributed by atoms with Gasteiger partial charge in [0.2, 0.25) is 0 Å². The molecule has 0 saturated heterocycles. The molecule has 1 aliphatic rings. The van der Waals surface area contributed by atoms with E-state index in [-0.39, 0.29) is 6.10 Å². The Balaban J connectivity index is 2.70. The number of hydrogen-bond acceptors (Lipinski definition) is 4. The highest BCUT2D eigenvalue weighted by molar-refractivity contribution is 4.98. The van der Waals surface area contributed by atoms with Crippen molar-refractivity contribution in [2.75, 3.05) is 27.9 Å². The predicted molar refractivity (Wildman–Crippen MR) is 56.8 cm³/mol. The Morgan fingerprint density at radius 1 is 1.27 bits per heavy atom. The Morgan fingerprint density at radius 3 is 2.40 bits per heavy atom. The van der Waals surface area contributed by atoms with Gasteiger partial charge in [-0.25, -0.2) is 0 Å². The molecular weight excluding hydrogens is 196 g/mol. The number of aliphatic hydroxyl groups excluding tert-OH is 1. The molecule has 4 unspecified atom stereocenters. The van der Waals surface area contributed by atoms with Crippen molar-refractivity contribution in [1.29, 1.82) is 0 Å². The van der Waals surface area contributed by atoms with Crippen LogP contribution in [0.25, 0.3) is 0 Å². The molecule has 0 aromatic carbocycles. The van der Waals surface area contributed by atoms with Crippen LogP contribution in [-0.2, 0) is 14.2 Å². The Hall–Kier alpha value is -0.160. The Morgan fingerprint density at radius 2 is 1.93 bits per heavy atom. The van der Waals surface area contributed by atoms with Crippen molar-refractivity contribution < 1.29 is 19.3 Å². The minimum Gasteiger partial charge on any atom is -0.390 e. The molecule has 0 aromatic rings. The minimum absolute atomic E-state index is 0.0774. The fourth-order valence-corrected chi connectivity index (χ4v) is 2.37. The smallest absolute Gasteiger partial charge is 0.117 e. The van der Waals surface area contributed by atoms with Crippen molar-refractivity contribution in [3.63, 3.8) is 0 Å². The summed E-state index contributed by atoms with van der Waals surface area (Å²) in [7, 11) is 4.95. The molecule has 1 fully saturated rings. The van der Waals surface area contributed by atoms with Gasteiger partial charge in [0, 0.05) is 27.9 Å². The van der Waals surface area contributed by atoms with Crippen molar-refractivity contribution in [3.05, 3.63) is 0 Å². The summed E-state index contributed by atoms with van der Waals surface area (Å²) in [6.45, 7) is 2.56. The van der Waals surface area contributed by atoms with Crippen LogP contribution in [0.15, 0.2) is 0 Å². The molecule has 0 spiro atoms. The van der Waals surface area contributed by atoms with E-state index in [0.29, 0.717) is 18.9 Å². The molecule has 1 saturated carbocycles. The molecule has 0 bridgehead atoms. The number of ether oxygens (including phenoxy) is 3. The molecule has 4 heteroatoms. The van der Waals surface area contributed by atoms with Gasteiger partial charge in [-0.2, -0.15) is 0 Å². The molecule has 15 heavy (non-hydrogen) atoms. The largest absolute Gasteiger partial charge is 0.390 e. The third kappa shape index (κ3) is 2.50. The van der Waals surface area contributed by atoms with Gasteiger partial charge < -0.3 is 19.3 Å². The number of aliphatic hydroxyl groups is 1. The molecule has 0 aliphatic heterocycles. The van der Waals surface area contributed by atoms with E-state index in [2.05, 4.69) is 0 Å². The standard InChI is InChI=1S/C11H22O4/c1-11(15-4)9(12)5-8(7-13-2)6-10(11)14-3/h8-10,12H,5-7H2,1-4H3. The topological polar surface area (TPSA) is 47.9 Å². The highest BCUT2D eigenvalue weighted by atomic mass is 16.5. The van der Waals surface area contributed by atoms with Gasteiger partial charge in [-0.3, -0.25) is 0 Å². The molecule has 0 radical (unpaired) electrons. The SMILES string of the molecule is COCC1CC(O)C(C)(OC)C(OC)C1. The van der Waals surface area contributed by atoms with Gasteiger partial charge in [0.25, 0.3) is 0 Å². The maximum atomic E-state index is 10.1. The van der Waals surface area contributed by atoms with E-state index in [4.69, 9.17) is 14.2 Å². The van der Waals surface area contributed by atoms with E-state index >= 15 is 0 Å². The minimum atomic E-state index is -0.598.